The van der Waals surface area contributed by atoms with Crippen molar-refractivity contribution in [1.29, 1.82) is 5.26 Å². The number of esters is 1. The van der Waals surface area contributed by atoms with Crippen molar-refractivity contribution < 1.29 is 14.3 Å². The summed E-state index contributed by atoms with van der Waals surface area (Å²) in [5.74, 6) is 0.160. The Hall–Kier alpha value is -2.80. The van der Waals surface area contributed by atoms with Crippen molar-refractivity contribution in [2.45, 2.75) is 6.10 Å². The molecule has 0 saturated heterocycles. The van der Waals surface area contributed by atoms with Gasteiger partial charge in [0.25, 0.3) is 0 Å². The highest BCUT2D eigenvalue weighted by Crippen LogP contribution is 2.21. The van der Waals surface area contributed by atoms with Crippen LogP contribution in [0, 0.1) is 11.3 Å². The minimum absolute atomic E-state index is 0.418. The first-order valence-electron chi connectivity index (χ1n) is 6.04. The summed E-state index contributed by atoms with van der Waals surface area (Å²) < 4.78 is 10.2. The molecule has 0 fully saturated rings. The Bertz CT molecular complexity index is 614. The van der Waals surface area contributed by atoms with Crippen molar-refractivity contribution in [1.82, 2.24) is 0 Å². The number of benzene rings is 2. The number of rotatable bonds is 4. The number of hydrogen-bond donors (Lipinski definition) is 0. The lowest BCUT2D eigenvalue weighted by atomic mass is 10.1. The van der Waals surface area contributed by atoms with E-state index < -0.39 is 12.1 Å². The van der Waals surface area contributed by atoms with Crippen LogP contribution in [0.25, 0.3) is 0 Å². The van der Waals surface area contributed by atoms with Gasteiger partial charge in [0, 0.05) is 5.56 Å². The van der Waals surface area contributed by atoms with Crippen LogP contribution in [0.2, 0.25) is 0 Å². The largest absolute Gasteiger partial charge is 0.497 e. The van der Waals surface area contributed by atoms with Crippen LogP contribution >= 0.6 is 0 Å². The van der Waals surface area contributed by atoms with Gasteiger partial charge in [-0.2, -0.15) is 5.26 Å². The third-order valence-electron chi connectivity index (χ3n) is 2.77. The predicted molar refractivity (Wildman–Crippen MR) is 73.2 cm³/mol. The Kier molecular flexibility index (Phi) is 4.35. The van der Waals surface area contributed by atoms with E-state index in [2.05, 4.69) is 0 Å². The Labute approximate surface area is 117 Å². The lowest BCUT2D eigenvalue weighted by Gasteiger charge is -2.11. The molecule has 20 heavy (non-hydrogen) atoms. The first kappa shape index (κ1) is 13.6. The van der Waals surface area contributed by atoms with E-state index in [1.807, 2.05) is 12.1 Å². The van der Waals surface area contributed by atoms with Gasteiger partial charge >= 0.3 is 5.97 Å². The van der Waals surface area contributed by atoms with Crippen LogP contribution in [0.5, 0.6) is 5.75 Å². The number of ether oxygens (including phenoxy) is 2. The van der Waals surface area contributed by atoms with E-state index in [4.69, 9.17) is 14.7 Å². The molecule has 0 aliphatic rings. The van der Waals surface area contributed by atoms with Crippen LogP contribution in [0.3, 0.4) is 0 Å². The molecular formula is C16H13NO3. The number of hydrogen-bond acceptors (Lipinski definition) is 4. The monoisotopic (exact) mass is 267 g/mol. The van der Waals surface area contributed by atoms with Gasteiger partial charge in [-0.1, -0.05) is 30.3 Å². The fourth-order valence-electron chi connectivity index (χ4n) is 1.70. The number of carbonyl (C=O) groups is 1. The topological polar surface area (TPSA) is 59.3 Å². The predicted octanol–water partition coefficient (Wildman–Crippen LogP) is 3.12. The quantitative estimate of drug-likeness (QED) is 0.798. The Morgan fingerprint density at radius 1 is 1.10 bits per heavy atom. The van der Waals surface area contributed by atoms with Crippen molar-refractivity contribution in [3.8, 4) is 11.8 Å². The molecule has 0 aliphatic carbocycles. The molecule has 0 aromatic heterocycles. The minimum Gasteiger partial charge on any atom is -0.497 e. The van der Waals surface area contributed by atoms with Crippen molar-refractivity contribution in [3.05, 3.63) is 65.7 Å². The van der Waals surface area contributed by atoms with Gasteiger partial charge in [-0.15, -0.1) is 0 Å². The molecular weight excluding hydrogens is 254 g/mol. The van der Waals surface area contributed by atoms with E-state index in [-0.39, 0.29) is 0 Å². The van der Waals surface area contributed by atoms with Gasteiger partial charge < -0.3 is 9.47 Å². The maximum Gasteiger partial charge on any atom is 0.339 e. The van der Waals surface area contributed by atoms with Gasteiger partial charge in [-0.3, -0.25) is 0 Å². The molecule has 0 heterocycles. The maximum absolute atomic E-state index is 11.9. The molecule has 0 unspecified atom stereocenters. The molecule has 0 amide bonds. The lowest BCUT2D eigenvalue weighted by molar-refractivity contribution is 0.0404. The van der Waals surface area contributed by atoms with E-state index in [0.717, 1.165) is 0 Å². The highest BCUT2D eigenvalue weighted by Gasteiger charge is 2.17. The summed E-state index contributed by atoms with van der Waals surface area (Å²) in [4.78, 5) is 11.9. The van der Waals surface area contributed by atoms with E-state index >= 15 is 0 Å². The molecule has 0 bridgehead atoms. The average molecular weight is 267 g/mol. The van der Waals surface area contributed by atoms with Crippen LogP contribution in [0.1, 0.15) is 22.0 Å². The van der Waals surface area contributed by atoms with E-state index in [1.54, 1.807) is 55.6 Å². The first-order chi connectivity index (χ1) is 9.74. The molecule has 2 aromatic rings. The Morgan fingerprint density at radius 3 is 2.30 bits per heavy atom. The minimum atomic E-state index is -0.936. The second-order valence-corrected chi connectivity index (χ2v) is 4.05. The van der Waals surface area contributed by atoms with Crippen molar-refractivity contribution in [2.75, 3.05) is 7.11 Å². The summed E-state index contributed by atoms with van der Waals surface area (Å²) >= 11 is 0. The molecule has 1 atom stereocenters. The van der Waals surface area contributed by atoms with E-state index in [1.165, 1.54) is 0 Å². The smallest absolute Gasteiger partial charge is 0.339 e. The molecule has 4 heteroatoms. The molecule has 2 rings (SSSR count). The normalized spacial score (nSPS) is 11.2. The van der Waals surface area contributed by atoms with Gasteiger partial charge in [0.15, 0.2) is 0 Å². The molecule has 2 aromatic carbocycles. The van der Waals surface area contributed by atoms with Gasteiger partial charge in [0.1, 0.15) is 11.8 Å². The standard InChI is InChI=1S/C16H13NO3/c1-19-14-9-7-12(8-10-14)15(11-17)20-16(18)13-5-3-2-4-6-13/h2-10,15H,1H3/t15-/m1/s1. The molecule has 0 spiro atoms. The zero-order chi connectivity index (χ0) is 14.4. The van der Waals surface area contributed by atoms with Crippen LogP contribution in [0.4, 0.5) is 0 Å². The number of carbonyl (C=O) groups excluding carboxylic acids is 1. The molecule has 0 saturated carbocycles. The maximum atomic E-state index is 11.9. The van der Waals surface area contributed by atoms with E-state index in [0.29, 0.717) is 16.9 Å². The molecule has 100 valence electrons. The van der Waals surface area contributed by atoms with Gasteiger partial charge in [0.2, 0.25) is 6.10 Å². The first-order valence-corrected chi connectivity index (χ1v) is 6.04. The van der Waals surface area contributed by atoms with Crippen LogP contribution in [0.15, 0.2) is 54.6 Å². The number of nitriles is 1. The molecule has 0 radical (unpaired) electrons. The highest BCUT2D eigenvalue weighted by atomic mass is 16.5. The Balaban J connectivity index is 2.13. The van der Waals surface area contributed by atoms with Crippen molar-refractivity contribution in [3.63, 3.8) is 0 Å². The van der Waals surface area contributed by atoms with Crippen LogP contribution < -0.4 is 4.74 Å². The molecule has 0 N–H and O–H groups in total. The van der Waals surface area contributed by atoms with E-state index in [9.17, 15) is 4.79 Å². The SMILES string of the molecule is COc1ccc([C@@H](C#N)OC(=O)c2ccccc2)cc1. The summed E-state index contributed by atoms with van der Waals surface area (Å²) in [5, 5.41) is 9.14. The zero-order valence-corrected chi connectivity index (χ0v) is 10.9. The fraction of sp³-hybridized carbons (Fsp3) is 0.125. The lowest BCUT2D eigenvalue weighted by Crippen LogP contribution is -2.10. The summed E-state index contributed by atoms with van der Waals surface area (Å²) in [7, 11) is 1.56. The molecule has 4 nitrogen and oxygen atoms in total. The number of methoxy groups -OCH3 is 1. The zero-order valence-electron chi connectivity index (χ0n) is 10.9. The molecule has 0 aliphatic heterocycles. The van der Waals surface area contributed by atoms with Gasteiger partial charge in [-0.05, 0) is 24.3 Å². The average Bonchev–Trinajstić information content (AvgIpc) is 2.53. The summed E-state index contributed by atoms with van der Waals surface area (Å²) in [6.45, 7) is 0. The highest BCUT2D eigenvalue weighted by molar-refractivity contribution is 5.89. The van der Waals surface area contributed by atoms with Crippen molar-refractivity contribution >= 4 is 5.97 Å². The van der Waals surface area contributed by atoms with Crippen LogP contribution in [-0.2, 0) is 4.74 Å². The second-order valence-electron chi connectivity index (χ2n) is 4.05. The van der Waals surface area contributed by atoms with Crippen LogP contribution in [-0.4, -0.2) is 13.1 Å². The van der Waals surface area contributed by atoms with Gasteiger partial charge in [-0.25, -0.2) is 4.79 Å². The van der Waals surface area contributed by atoms with Crippen molar-refractivity contribution in [2.24, 2.45) is 0 Å². The third-order valence-corrected chi connectivity index (χ3v) is 2.77. The fourth-order valence-corrected chi connectivity index (χ4v) is 1.70. The summed E-state index contributed by atoms with van der Waals surface area (Å²) in [6, 6.07) is 17.4. The second kappa shape index (κ2) is 6.39. The van der Waals surface area contributed by atoms with Gasteiger partial charge in [0.05, 0.1) is 12.7 Å². The third kappa shape index (κ3) is 3.15. The summed E-state index contributed by atoms with van der Waals surface area (Å²) in [6.07, 6.45) is -0.936. The Morgan fingerprint density at radius 2 is 1.75 bits per heavy atom. The summed E-state index contributed by atoms with van der Waals surface area (Å²) in [5.41, 5.74) is 1.03. The number of nitrogens with zero attached hydrogens (tertiary/aromatic N) is 1.